The number of hydrogen-bond donors (Lipinski definition) is 3. The van der Waals surface area contributed by atoms with Crippen molar-refractivity contribution in [2.45, 2.75) is 30.8 Å². The van der Waals surface area contributed by atoms with E-state index in [9.17, 15) is 13.6 Å². The number of rotatable bonds is 8. The smallest absolute Gasteiger partial charge is 0.320 e. The van der Waals surface area contributed by atoms with Crippen molar-refractivity contribution in [2.24, 2.45) is 0 Å². The van der Waals surface area contributed by atoms with Gasteiger partial charge in [0.05, 0.1) is 34.5 Å². The Bertz CT molecular complexity index is 1270. The summed E-state index contributed by atoms with van der Waals surface area (Å²) in [4.78, 5) is 15.5. The number of nitrogens with zero attached hydrogens (tertiary/aromatic N) is 3. The van der Waals surface area contributed by atoms with Gasteiger partial charge in [-0.1, -0.05) is 24.3 Å². The number of aromatic nitrogens is 2. The number of ether oxygens (including phenoxy) is 1. The van der Waals surface area contributed by atoms with E-state index in [1.165, 1.54) is 6.07 Å². The largest absolute Gasteiger partial charge is 0.383 e. The van der Waals surface area contributed by atoms with Gasteiger partial charge in [0.2, 0.25) is 0 Å². The summed E-state index contributed by atoms with van der Waals surface area (Å²) in [6.07, 6.45) is 2.02. The molecule has 38 heavy (non-hydrogen) atoms. The van der Waals surface area contributed by atoms with E-state index in [0.717, 1.165) is 41.3 Å². The second-order valence-corrected chi connectivity index (χ2v) is 10.5. The number of amides is 2. The number of carbonyl (C=O) groups excluding carboxylic acids is 1. The monoisotopic (exact) mass is 588 g/mol. The summed E-state index contributed by atoms with van der Waals surface area (Å²) in [6, 6.07) is 12.9. The van der Waals surface area contributed by atoms with Crippen LogP contribution in [0.5, 0.6) is 0 Å². The Morgan fingerprint density at radius 2 is 2.00 bits per heavy atom. The normalized spacial score (nSPS) is 21.6. The van der Waals surface area contributed by atoms with Crippen LogP contribution in [0.3, 0.4) is 0 Å². The minimum Gasteiger partial charge on any atom is -0.383 e. The van der Waals surface area contributed by atoms with E-state index >= 15 is 0 Å². The van der Waals surface area contributed by atoms with Crippen molar-refractivity contribution in [2.75, 3.05) is 45.2 Å². The Morgan fingerprint density at radius 3 is 2.71 bits per heavy atom. The molecule has 2 aromatic carbocycles. The number of nitrogens with one attached hydrogen (secondary N) is 3. The van der Waals surface area contributed by atoms with Gasteiger partial charge in [0.1, 0.15) is 0 Å². The van der Waals surface area contributed by atoms with E-state index in [2.05, 4.69) is 36.8 Å². The van der Waals surface area contributed by atoms with Crippen LogP contribution in [0.1, 0.15) is 36.1 Å². The van der Waals surface area contributed by atoms with E-state index in [0.29, 0.717) is 37.6 Å². The molecule has 3 atom stereocenters. The highest BCUT2D eigenvalue weighted by Crippen LogP contribution is 2.36. The van der Waals surface area contributed by atoms with Crippen LogP contribution in [0.4, 0.5) is 19.4 Å². The molecule has 5 rings (SSSR count). The van der Waals surface area contributed by atoms with E-state index in [1.807, 2.05) is 30.3 Å². The molecule has 2 aliphatic rings. The van der Waals surface area contributed by atoms with Gasteiger partial charge >= 0.3 is 6.03 Å². The zero-order chi connectivity index (χ0) is 26.6. The first-order chi connectivity index (χ1) is 18.4. The molecule has 2 amide bonds. The van der Waals surface area contributed by atoms with Crippen molar-refractivity contribution < 1.29 is 18.3 Å². The third-order valence-corrected chi connectivity index (χ3v) is 7.95. The maximum Gasteiger partial charge on any atom is 0.320 e. The third kappa shape index (κ3) is 5.75. The Labute approximate surface area is 228 Å². The summed E-state index contributed by atoms with van der Waals surface area (Å²) in [7, 11) is 1.63. The predicted molar refractivity (Wildman–Crippen MR) is 145 cm³/mol. The topological polar surface area (TPSA) is 83.4 Å². The van der Waals surface area contributed by atoms with E-state index < -0.39 is 17.7 Å². The minimum absolute atomic E-state index is 0.0971. The number of methoxy groups -OCH3 is 1. The lowest BCUT2D eigenvalue weighted by Crippen LogP contribution is -2.42. The molecule has 3 aromatic rings. The summed E-state index contributed by atoms with van der Waals surface area (Å²) in [6.45, 7) is 3.26. The SMILES string of the molecule is COCCN1C[C@@H](NC(=O)Nc2c(Br)c([C@H]3CCCN3)nn2-c2ccccc2)[C@H](c2ccc(F)c(F)c2)C1. The van der Waals surface area contributed by atoms with Crippen LogP contribution in [0.2, 0.25) is 0 Å². The quantitative estimate of drug-likeness (QED) is 0.359. The van der Waals surface area contributed by atoms with Gasteiger partial charge < -0.3 is 15.4 Å². The van der Waals surface area contributed by atoms with Gasteiger partial charge in [0.25, 0.3) is 0 Å². The molecule has 2 fully saturated rings. The van der Waals surface area contributed by atoms with Gasteiger partial charge in [-0.15, -0.1) is 0 Å². The van der Waals surface area contributed by atoms with Crippen molar-refractivity contribution in [1.29, 1.82) is 0 Å². The lowest BCUT2D eigenvalue weighted by molar-refractivity contribution is 0.159. The second kappa shape index (κ2) is 11.9. The molecule has 3 N–H and O–H groups in total. The maximum absolute atomic E-state index is 14.1. The number of urea groups is 1. The minimum atomic E-state index is -0.898. The zero-order valence-electron chi connectivity index (χ0n) is 21.1. The number of benzene rings is 2. The molecule has 0 bridgehead atoms. The lowest BCUT2D eigenvalue weighted by atomic mass is 9.94. The summed E-state index contributed by atoms with van der Waals surface area (Å²) in [5, 5.41) is 14.4. The van der Waals surface area contributed by atoms with Gasteiger partial charge in [-0.25, -0.2) is 18.3 Å². The molecule has 202 valence electrons. The van der Waals surface area contributed by atoms with E-state index in [-0.39, 0.29) is 18.0 Å². The molecule has 0 radical (unpaired) electrons. The Hall–Kier alpha value is -2.86. The zero-order valence-corrected chi connectivity index (χ0v) is 22.7. The highest BCUT2D eigenvalue weighted by molar-refractivity contribution is 9.10. The standard InChI is InChI=1S/C27H31BrF2N6O2/c1-38-13-12-35-15-19(17-9-10-20(29)21(30)14-17)23(16-35)32-27(37)33-26-24(28)25(22-8-5-11-31-22)34-36(26)18-6-3-2-4-7-18/h2-4,6-7,9-10,14,19,22-23,31H,5,8,11-13,15-16H2,1H3,(H2,32,33,37)/t19-,22+,23+/m0/s1. The average Bonchev–Trinajstić information content (AvgIpc) is 3.65. The molecule has 0 spiro atoms. The van der Waals surface area contributed by atoms with Crippen LogP contribution in [0, 0.1) is 11.6 Å². The fourth-order valence-electron chi connectivity index (χ4n) is 5.25. The summed E-state index contributed by atoms with van der Waals surface area (Å²) < 4.78 is 35.3. The molecule has 0 aliphatic carbocycles. The van der Waals surface area contributed by atoms with Crippen LogP contribution >= 0.6 is 15.9 Å². The summed E-state index contributed by atoms with van der Waals surface area (Å²) in [5.41, 5.74) is 2.30. The van der Waals surface area contributed by atoms with E-state index in [1.54, 1.807) is 17.9 Å². The Kier molecular flexibility index (Phi) is 8.37. The van der Waals surface area contributed by atoms with Crippen molar-refractivity contribution in [1.82, 2.24) is 25.3 Å². The number of halogens is 3. The molecule has 1 aromatic heterocycles. The Morgan fingerprint density at radius 1 is 1.18 bits per heavy atom. The van der Waals surface area contributed by atoms with Gasteiger partial charge in [0.15, 0.2) is 17.5 Å². The lowest BCUT2D eigenvalue weighted by Gasteiger charge is -2.21. The number of carbonyl (C=O) groups is 1. The number of para-hydroxylation sites is 1. The summed E-state index contributed by atoms with van der Waals surface area (Å²) >= 11 is 3.69. The third-order valence-electron chi connectivity index (χ3n) is 7.17. The fraction of sp³-hybridized carbons (Fsp3) is 0.407. The summed E-state index contributed by atoms with van der Waals surface area (Å²) in [5.74, 6) is -1.48. The number of hydrogen-bond acceptors (Lipinski definition) is 5. The molecular weight excluding hydrogens is 558 g/mol. The fourth-order valence-corrected chi connectivity index (χ4v) is 5.87. The van der Waals surface area contributed by atoms with Gasteiger partial charge in [-0.05, 0) is 65.1 Å². The first-order valence-corrected chi connectivity index (χ1v) is 13.5. The first kappa shape index (κ1) is 26.7. The van der Waals surface area contributed by atoms with Gasteiger partial charge in [0, 0.05) is 32.7 Å². The molecule has 3 heterocycles. The Balaban J connectivity index is 1.39. The molecule has 11 heteroatoms. The van der Waals surface area contributed by atoms with Crippen molar-refractivity contribution in [3.63, 3.8) is 0 Å². The average molecular weight is 589 g/mol. The predicted octanol–water partition coefficient (Wildman–Crippen LogP) is 4.57. The first-order valence-electron chi connectivity index (χ1n) is 12.8. The molecule has 0 unspecified atom stereocenters. The second-order valence-electron chi connectivity index (χ2n) is 9.68. The molecular formula is C27H31BrF2N6O2. The molecule has 8 nitrogen and oxygen atoms in total. The maximum atomic E-state index is 14.1. The van der Waals surface area contributed by atoms with Crippen LogP contribution < -0.4 is 16.0 Å². The number of likely N-dealkylation sites (tertiary alicyclic amines) is 1. The van der Waals surface area contributed by atoms with Gasteiger partial charge in [-0.2, -0.15) is 5.10 Å². The van der Waals surface area contributed by atoms with Crippen LogP contribution in [-0.2, 0) is 4.74 Å². The molecule has 2 saturated heterocycles. The van der Waals surface area contributed by atoms with Crippen molar-refractivity contribution >= 4 is 27.8 Å². The van der Waals surface area contributed by atoms with Crippen LogP contribution in [0.15, 0.2) is 53.0 Å². The molecule has 0 saturated carbocycles. The number of anilines is 1. The van der Waals surface area contributed by atoms with Crippen LogP contribution in [0.25, 0.3) is 5.69 Å². The van der Waals surface area contributed by atoms with Gasteiger partial charge in [-0.3, -0.25) is 10.2 Å². The van der Waals surface area contributed by atoms with Crippen molar-refractivity contribution in [3.8, 4) is 5.69 Å². The van der Waals surface area contributed by atoms with Crippen LogP contribution in [-0.4, -0.2) is 66.6 Å². The highest BCUT2D eigenvalue weighted by Gasteiger charge is 2.36. The highest BCUT2D eigenvalue weighted by atomic mass is 79.9. The van der Waals surface area contributed by atoms with Crippen molar-refractivity contribution in [3.05, 3.63) is 75.9 Å². The molecule has 2 aliphatic heterocycles. The van der Waals surface area contributed by atoms with E-state index in [4.69, 9.17) is 9.84 Å².